The topological polar surface area (TPSA) is 73.8 Å². The van der Waals surface area contributed by atoms with E-state index in [-0.39, 0.29) is 37.1 Å². The third kappa shape index (κ3) is 4.69. The van der Waals surface area contributed by atoms with E-state index in [0.29, 0.717) is 13.1 Å². The number of hydrogen-bond acceptors (Lipinski definition) is 5. The van der Waals surface area contributed by atoms with Crippen molar-refractivity contribution in [2.75, 3.05) is 32.7 Å². The number of amides is 3. The van der Waals surface area contributed by atoms with E-state index in [4.69, 9.17) is 0 Å². The Morgan fingerprint density at radius 3 is 2.39 bits per heavy atom. The van der Waals surface area contributed by atoms with Gasteiger partial charge in [-0.3, -0.25) is 29.2 Å². The summed E-state index contributed by atoms with van der Waals surface area (Å²) in [5.74, 6) is -0.571. The quantitative estimate of drug-likeness (QED) is 0.609. The Morgan fingerprint density at radius 2 is 1.73 bits per heavy atom. The van der Waals surface area contributed by atoms with Gasteiger partial charge in [0.1, 0.15) is 0 Å². The standard InChI is InChI=1S/C26H32N4O3/c1-3-12-28-13-15-29(16-14-28)23(31)17-26(22-7-5-4-6-20(22)2)18-24(32)30(25(26)33)19-21-8-10-27-11-9-21/h4-11H,3,12-19H2,1-2H3. The van der Waals surface area contributed by atoms with Crippen molar-refractivity contribution in [1.82, 2.24) is 19.7 Å². The van der Waals surface area contributed by atoms with Gasteiger partial charge in [0.2, 0.25) is 17.7 Å². The Bertz CT molecular complexity index is 1020. The number of imide groups is 1. The summed E-state index contributed by atoms with van der Waals surface area (Å²) in [7, 11) is 0. The van der Waals surface area contributed by atoms with Gasteiger partial charge < -0.3 is 4.90 Å². The number of likely N-dealkylation sites (tertiary alicyclic amines) is 1. The number of benzene rings is 1. The molecule has 0 aliphatic carbocycles. The maximum absolute atomic E-state index is 13.9. The van der Waals surface area contributed by atoms with Crippen LogP contribution in [0, 0.1) is 6.92 Å². The molecule has 1 aromatic carbocycles. The summed E-state index contributed by atoms with van der Waals surface area (Å²) in [5, 5.41) is 0. The summed E-state index contributed by atoms with van der Waals surface area (Å²) in [6.07, 6.45) is 4.42. The minimum atomic E-state index is -1.16. The van der Waals surface area contributed by atoms with Gasteiger partial charge in [0.05, 0.1) is 12.0 Å². The number of aromatic nitrogens is 1. The van der Waals surface area contributed by atoms with Gasteiger partial charge in [-0.2, -0.15) is 0 Å². The molecule has 2 saturated heterocycles. The van der Waals surface area contributed by atoms with Crippen LogP contribution in [0.5, 0.6) is 0 Å². The molecule has 174 valence electrons. The molecule has 2 aromatic rings. The molecule has 0 spiro atoms. The molecule has 0 radical (unpaired) electrons. The molecule has 7 heteroatoms. The highest BCUT2D eigenvalue weighted by Gasteiger charge is 2.54. The Hall–Kier alpha value is -3.06. The van der Waals surface area contributed by atoms with Crippen LogP contribution < -0.4 is 0 Å². The van der Waals surface area contributed by atoms with Gasteiger partial charge in [-0.05, 0) is 48.7 Å². The molecule has 3 amide bonds. The van der Waals surface area contributed by atoms with Gasteiger partial charge in [-0.1, -0.05) is 31.2 Å². The van der Waals surface area contributed by atoms with E-state index in [1.807, 2.05) is 36.1 Å². The van der Waals surface area contributed by atoms with Gasteiger partial charge >= 0.3 is 0 Å². The predicted molar refractivity (Wildman–Crippen MR) is 125 cm³/mol. The molecule has 0 N–H and O–H groups in total. The van der Waals surface area contributed by atoms with Crippen molar-refractivity contribution in [3.05, 3.63) is 65.5 Å². The number of pyridine rings is 1. The molecule has 1 unspecified atom stereocenters. The third-order valence-corrected chi connectivity index (χ3v) is 6.88. The molecule has 7 nitrogen and oxygen atoms in total. The van der Waals surface area contributed by atoms with Crippen molar-refractivity contribution in [3.8, 4) is 0 Å². The maximum Gasteiger partial charge on any atom is 0.241 e. The number of hydrogen-bond donors (Lipinski definition) is 0. The van der Waals surface area contributed by atoms with Crippen LogP contribution in [0.4, 0.5) is 0 Å². The Morgan fingerprint density at radius 1 is 1.03 bits per heavy atom. The zero-order chi connectivity index (χ0) is 23.4. The molecule has 0 saturated carbocycles. The van der Waals surface area contributed by atoms with Crippen LogP contribution in [0.1, 0.15) is 42.9 Å². The fraction of sp³-hybridized carbons (Fsp3) is 0.462. The van der Waals surface area contributed by atoms with Crippen molar-refractivity contribution >= 4 is 17.7 Å². The summed E-state index contributed by atoms with van der Waals surface area (Å²) >= 11 is 0. The fourth-order valence-corrected chi connectivity index (χ4v) is 5.09. The van der Waals surface area contributed by atoms with Gasteiger partial charge in [-0.25, -0.2) is 0 Å². The van der Waals surface area contributed by atoms with Crippen LogP contribution in [0.3, 0.4) is 0 Å². The lowest BCUT2D eigenvalue weighted by atomic mass is 9.74. The smallest absolute Gasteiger partial charge is 0.241 e. The van der Waals surface area contributed by atoms with E-state index < -0.39 is 5.41 Å². The first kappa shape index (κ1) is 23.1. The Balaban J connectivity index is 1.61. The van der Waals surface area contributed by atoms with E-state index >= 15 is 0 Å². The SMILES string of the molecule is CCCN1CCN(C(=O)CC2(c3ccccc3C)CC(=O)N(Cc3ccncc3)C2=O)CC1. The van der Waals surface area contributed by atoms with Gasteiger partial charge in [0.25, 0.3) is 0 Å². The highest BCUT2D eigenvalue weighted by Crippen LogP contribution is 2.42. The molecule has 2 aliphatic rings. The average Bonchev–Trinajstić information content (AvgIpc) is 3.05. The first-order valence-electron chi connectivity index (χ1n) is 11.7. The van der Waals surface area contributed by atoms with E-state index in [0.717, 1.165) is 42.7 Å². The number of piperazine rings is 1. The minimum absolute atomic E-state index is 0.0169. The fourth-order valence-electron chi connectivity index (χ4n) is 5.09. The largest absolute Gasteiger partial charge is 0.340 e. The van der Waals surface area contributed by atoms with Crippen molar-refractivity contribution in [3.63, 3.8) is 0 Å². The molecule has 33 heavy (non-hydrogen) atoms. The van der Waals surface area contributed by atoms with Crippen LogP contribution in [-0.4, -0.2) is 70.1 Å². The molecular formula is C26H32N4O3. The molecule has 2 aliphatic heterocycles. The summed E-state index contributed by atoms with van der Waals surface area (Å²) in [5.41, 5.74) is 1.38. The van der Waals surface area contributed by atoms with E-state index in [9.17, 15) is 14.4 Å². The lowest BCUT2D eigenvalue weighted by Gasteiger charge is -2.37. The van der Waals surface area contributed by atoms with Crippen LogP contribution in [0.2, 0.25) is 0 Å². The minimum Gasteiger partial charge on any atom is -0.340 e. The molecule has 3 heterocycles. The van der Waals surface area contributed by atoms with Crippen LogP contribution in [0.15, 0.2) is 48.8 Å². The zero-order valence-electron chi connectivity index (χ0n) is 19.5. The van der Waals surface area contributed by atoms with E-state index in [1.54, 1.807) is 24.5 Å². The second kappa shape index (κ2) is 9.83. The summed E-state index contributed by atoms with van der Waals surface area (Å²) in [4.78, 5) is 50.0. The Kier molecular flexibility index (Phi) is 6.88. The van der Waals surface area contributed by atoms with Crippen molar-refractivity contribution in [2.24, 2.45) is 0 Å². The first-order valence-corrected chi connectivity index (χ1v) is 11.7. The average molecular weight is 449 g/mol. The lowest BCUT2D eigenvalue weighted by molar-refractivity contribution is -0.143. The molecule has 4 rings (SSSR count). The second-order valence-corrected chi connectivity index (χ2v) is 9.11. The van der Waals surface area contributed by atoms with Crippen molar-refractivity contribution < 1.29 is 14.4 Å². The maximum atomic E-state index is 13.9. The van der Waals surface area contributed by atoms with E-state index in [2.05, 4.69) is 16.8 Å². The van der Waals surface area contributed by atoms with Crippen LogP contribution >= 0.6 is 0 Å². The molecule has 1 aromatic heterocycles. The molecule has 1 atom stereocenters. The highest BCUT2D eigenvalue weighted by atomic mass is 16.2. The molecule has 0 bridgehead atoms. The van der Waals surface area contributed by atoms with Crippen molar-refractivity contribution in [1.29, 1.82) is 0 Å². The predicted octanol–water partition coefficient (Wildman–Crippen LogP) is 2.53. The third-order valence-electron chi connectivity index (χ3n) is 6.88. The Labute approximate surface area is 195 Å². The molecule has 2 fully saturated rings. The number of aryl methyl sites for hydroxylation is 1. The van der Waals surface area contributed by atoms with Gasteiger partial charge in [0.15, 0.2) is 0 Å². The van der Waals surface area contributed by atoms with Crippen molar-refractivity contribution in [2.45, 2.75) is 45.1 Å². The first-order chi connectivity index (χ1) is 15.9. The summed E-state index contributed by atoms with van der Waals surface area (Å²) in [6.45, 7) is 8.33. The number of rotatable bonds is 7. The summed E-state index contributed by atoms with van der Waals surface area (Å²) in [6, 6.07) is 11.2. The van der Waals surface area contributed by atoms with Crippen LogP contribution in [0.25, 0.3) is 0 Å². The van der Waals surface area contributed by atoms with Gasteiger partial charge in [0, 0.05) is 51.4 Å². The van der Waals surface area contributed by atoms with Crippen LogP contribution in [-0.2, 0) is 26.3 Å². The second-order valence-electron chi connectivity index (χ2n) is 9.11. The zero-order valence-corrected chi connectivity index (χ0v) is 19.5. The number of nitrogens with zero attached hydrogens (tertiary/aromatic N) is 4. The van der Waals surface area contributed by atoms with Gasteiger partial charge in [-0.15, -0.1) is 0 Å². The molecular weight excluding hydrogens is 416 g/mol. The van der Waals surface area contributed by atoms with E-state index in [1.165, 1.54) is 4.90 Å². The normalized spacial score (nSPS) is 21.6. The number of carbonyl (C=O) groups is 3. The number of carbonyl (C=O) groups excluding carboxylic acids is 3. The summed E-state index contributed by atoms with van der Waals surface area (Å²) < 4.78 is 0. The highest BCUT2D eigenvalue weighted by molar-refractivity contribution is 6.10. The monoisotopic (exact) mass is 448 g/mol. The lowest BCUT2D eigenvalue weighted by Crippen LogP contribution is -2.51.